The van der Waals surface area contributed by atoms with E-state index in [1.807, 2.05) is 0 Å². The first kappa shape index (κ1) is 11.0. The molecule has 0 fully saturated rings. The van der Waals surface area contributed by atoms with Crippen LogP contribution in [0.2, 0.25) is 0 Å². The van der Waals surface area contributed by atoms with Crippen molar-refractivity contribution in [1.29, 1.82) is 0 Å². The number of hydrogen-bond acceptors (Lipinski definition) is 2. The molecule has 0 saturated carbocycles. The Kier molecular flexibility index (Phi) is 3.47. The quantitative estimate of drug-likeness (QED) is 0.809. The first-order valence-electron chi connectivity index (χ1n) is 4.56. The van der Waals surface area contributed by atoms with E-state index in [2.05, 4.69) is 0 Å². The van der Waals surface area contributed by atoms with Gasteiger partial charge < -0.3 is 9.84 Å². The number of rotatable bonds is 3. The molecule has 0 radical (unpaired) electrons. The third-order valence-electron chi connectivity index (χ3n) is 2.17. The fourth-order valence-corrected chi connectivity index (χ4v) is 1.53. The SMILES string of the molecule is COc1cccc(C(C)F)c1C(C)O. The van der Waals surface area contributed by atoms with Gasteiger partial charge in [-0.25, -0.2) is 4.39 Å². The Bertz CT molecular complexity index is 308. The standard InChI is InChI=1S/C11H15FO2/c1-7(12)9-5-4-6-10(14-3)11(9)8(2)13/h4-8,13H,1-3H3. The lowest BCUT2D eigenvalue weighted by molar-refractivity contribution is 0.190. The molecule has 14 heavy (non-hydrogen) atoms. The molecular weight excluding hydrogens is 183 g/mol. The maximum Gasteiger partial charge on any atom is 0.125 e. The van der Waals surface area contributed by atoms with Crippen LogP contribution in [0.25, 0.3) is 0 Å². The Morgan fingerprint density at radius 3 is 2.43 bits per heavy atom. The highest BCUT2D eigenvalue weighted by Crippen LogP contribution is 2.33. The van der Waals surface area contributed by atoms with Crippen LogP contribution in [-0.4, -0.2) is 12.2 Å². The van der Waals surface area contributed by atoms with Crippen LogP contribution in [0.4, 0.5) is 4.39 Å². The van der Waals surface area contributed by atoms with Crippen LogP contribution in [0.15, 0.2) is 18.2 Å². The molecule has 3 heteroatoms. The molecule has 0 bridgehead atoms. The predicted molar refractivity (Wildman–Crippen MR) is 53.2 cm³/mol. The molecule has 0 amide bonds. The van der Waals surface area contributed by atoms with Crippen LogP contribution in [0, 0.1) is 0 Å². The van der Waals surface area contributed by atoms with Gasteiger partial charge in [0, 0.05) is 5.56 Å². The summed E-state index contributed by atoms with van der Waals surface area (Å²) in [6, 6.07) is 5.10. The summed E-state index contributed by atoms with van der Waals surface area (Å²) in [5.41, 5.74) is 1.02. The molecule has 1 N–H and O–H groups in total. The smallest absolute Gasteiger partial charge is 0.125 e. The zero-order chi connectivity index (χ0) is 10.7. The van der Waals surface area contributed by atoms with Crippen molar-refractivity contribution in [2.45, 2.75) is 26.1 Å². The molecule has 0 aliphatic rings. The maximum absolute atomic E-state index is 13.2. The first-order valence-corrected chi connectivity index (χ1v) is 4.56. The lowest BCUT2D eigenvalue weighted by Gasteiger charge is -2.16. The fourth-order valence-electron chi connectivity index (χ4n) is 1.53. The Morgan fingerprint density at radius 2 is 2.00 bits per heavy atom. The largest absolute Gasteiger partial charge is 0.496 e. The van der Waals surface area contributed by atoms with Gasteiger partial charge in [-0.3, -0.25) is 0 Å². The highest BCUT2D eigenvalue weighted by molar-refractivity contribution is 5.42. The minimum absolute atomic E-state index is 0.486. The summed E-state index contributed by atoms with van der Waals surface area (Å²) in [7, 11) is 1.51. The number of aliphatic hydroxyl groups excluding tert-OH is 1. The lowest BCUT2D eigenvalue weighted by atomic mass is 9.99. The molecule has 0 heterocycles. The molecule has 2 nitrogen and oxygen atoms in total. The van der Waals surface area contributed by atoms with Crippen molar-refractivity contribution in [3.63, 3.8) is 0 Å². The number of benzene rings is 1. The number of ether oxygens (including phenoxy) is 1. The van der Waals surface area contributed by atoms with E-state index in [0.29, 0.717) is 16.9 Å². The summed E-state index contributed by atoms with van der Waals surface area (Å²) in [6.07, 6.45) is -1.82. The van der Waals surface area contributed by atoms with E-state index in [1.54, 1.807) is 25.1 Å². The normalized spacial score (nSPS) is 14.9. The van der Waals surface area contributed by atoms with E-state index in [-0.39, 0.29) is 0 Å². The lowest BCUT2D eigenvalue weighted by Crippen LogP contribution is -2.02. The van der Waals surface area contributed by atoms with Gasteiger partial charge in [-0.1, -0.05) is 12.1 Å². The van der Waals surface area contributed by atoms with Gasteiger partial charge >= 0.3 is 0 Å². The second-order valence-corrected chi connectivity index (χ2v) is 3.26. The molecule has 0 spiro atoms. The van der Waals surface area contributed by atoms with Crippen LogP contribution in [-0.2, 0) is 0 Å². The zero-order valence-corrected chi connectivity index (χ0v) is 8.62. The number of aliphatic hydroxyl groups is 1. The van der Waals surface area contributed by atoms with Gasteiger partial charge in [0.05, 0.1) is 13.2 Å². The minimum Gasteiger partial charge on any atom is -0.496 e. The van der Waals surface area contributed by atoms with Crippen LogP contribution in [0.5, 0.6) is 5.75 Å². The first-order chi connectivity index (χ1) is 6.57. The summed E-state index contributed by atoms with van der Waals surface area (Å²) in [4.78, 5) is 0. The fraction of sp³-hybridized carbons (Fsp3) is 0.455. The summed E-state index contributed by atoms with van der Waals surface area (Å²) in [6.45, 7) is 3.05. The third-order valence-corrected chi connectivity index (χ3v) is 2.17. The van der Waals surface area contributed by atoms with Crippen molar-refractivity contribution in [1.82, 2.24) is 0 Å². The van der Waals surface area contributed by atoms with Crippen molar-refractivity contribution >= 4 is 0 Å². The van der Waals surface area contributed by atoms with E-state index in [0.717, 1.165) is 0 Å². The van der Waals surface area contributed by atoms with E-state index < -0.39 is 12.3 Å². The molecule has 1 rings (SSSR count). The van der Waals surface area contributed by atoms with Gasteiger partial charge in [-0.2, -0.15) is 0 Å². The average molecular weight is 198 g/mol. The van der Waals surface area contributed by atoms with Gasteiger partial charge in [0.2, 0.25) is 0 Å². The summed E-state index contributed by atoms with van der Waals surface area (Å²) in [5.74, 6) is 0.530. The number of halogens is 1. The highest BCUT2D eigenvalue weighted by atomic mass is 19.1. The monoisotopic (exact) mass is 198 g/mol. The van der Waals surface area contributed by atoms with Crippen molar-refractivity contribution < 1.29 is 14.2 Å². The molecule has 0 saturated heterocycles. The van der Waals surface area contributed by atoms with Gasteiger partial charge in [-0.15, -0.1) is 0 Å². The van der Waals surface area contributed by atoms with Gasteiger partial charge in [0.15, 0.2) is 0 Å². The predicted octanol–water partition coefficient (Wildman–Crippen LogP) is 2.78. The van der Waals surface area contributed by atoms with Crippen molar-refractivity contribution in [3.05, 3.63) is 29.3 Å². The van der Waals surface area contributed by atoms with Crippen molar-refractivity contribution in [2.24, 2.45) is 0 Å². The molecule has 1 aromatic rings. The Labute approximate surface area is 83.3 Å². The Morgan fingerprint density at radius 1 is 1.36 bits per heavy atom. The van der Waals surface area contributed by atoms with Gasteiger partial charge in [0.1, 0.15) is 11.9 Å². The summed E-state index contributed by atoms with van der Waals surface area (Å²) < 4.78 is 18.3. The van der Waals surface area contributed by atoms with Crippen LogP contribution in [0.3, 0.4) is 0 Å². The number of hydrogen-bond donors (Lipinski definition) is 1. The molecular formula is C11H15FO2. The topological polar surface area (TPSA) is 29.5 Å². The molecule has 2 unspecified atom stereocenters. The van der Waals surface area contributed by atoms with Gasteiger partial charge in [0.25, 0.3) is 0 Å². The molecule has 78 valence electrons. The second-order valence-electron chi connectivity index (χ2n) is 3.26. The van der Waals surface area contributed by atoms with Crippen LogP contribution < -0.4 is 4.74 Å². The van der Waals surface area contributed by atoms with Crippen LogP contribution >= 0.6 is 0 Å². The summed E-state index contributed by atoms with van der Waals surface area (Å²) >= 11 is 0. The average Bonchev–Trinajstić information content (AvgIpc) is 2.16. The van der Waals surface area contributed by atoms with E-state index >= 15 is 0 Å². The maximum atomic E-state index is 13.2. The molecule has 0 aliphatic carbocycles. The third kappa shape index (κ3) is 2.04. The molecule has 1 aromatic carbocycles. The minimum atomic E-state index is -1.10. The zero-order valence-electron chi connectivity index (χ0n) is 8.62. The Hall–Kier alpha value is -1.09. The van der Waals surface area contributed by atoms with E-state index in [4.69, 9.17) is 4.74 Å². The van der Waals surface area contributed by atoms with Gasteiger partial charge in [-0.05, 0) is 25.5 Å². The Balaban J connectivity index is 3.28. The van der Waals surface area contributed by atoms with E-state index in [1.165, 1.54) is 14.0 Å². The molecule has 0 aromatic heterocycles. The number of methoxy groups -OCH3 is 1. The van der Waals surface area contributed by atoms with Crippen molar-refractivity contribution in [3.8, 4) is 5.75 Å². The summed E-state index contributed by atoms with van der Waals surface area (Å²) in [5, 5.41) is 9.52. The van der Waals surface area contributed by atoms with E-state index in [9.17, 15) is 9.50 Å². The molecule has 2 atom stereocenters. The van der Waals surface area contributed by atoms with Crippen molar-refractivity contribution in [2.75, 3.05) is 7.11 Å². The highest BCUT2D eigenvalue weighted by Gasteiger charge is 2.17. The second kappa shape index (κ2) is 4.42. The van der Waals surface area contributed by atoms with Crippen LogP contribution in [0.1, 0.15) is 37.3 Å². The number of alkyl halides is 1. The molecule has 0 aliphatic heterocycles.